The highest BCUT2D eigenvalue weighted by Crippen LogP contribution is 2.50. The number of nitrogens with zero attached hydrogens (tertiary/aromatic N) is 10. The van der Waals surface area contributed by atoms with E-state index in [1.54, 1.807) is 55.3 Å². The van der Waals surface area contributed by atoms with Crippen LogP contribution in [-0.4, -0.2) is 109 Å². The van der Waals surface area contributed by atoms with Gasteiger partial charge in [-0.1, -0.05) is 17.5 Å². The average Bonchev–Trinajstić information content (AvgIpc) is 3.98. The monoisotopic (exact) mass is 985 g/mol. The lowest BCUT2D eigenvalue weighted by atomic mass is 9.66. The van der Waals surface area contributed by atoms with Crippen LogP contribution in [0.1, 0.15) is 128 Å². The quantitative estimate of drug-likeness (QED) is 0.136. The van der Waals surface area contributed by atoms with Gasteiger partial charge in [0, 0.05) is 105 Å². The van der Waals surface area contributed by atoms with Crippen LogP contribution in [0.3, 0.4) is 0 Å². The third kappa shape index (κ3) is 9.47. The van der Waals surface area contributed by atoms with Crippen molar-refractivity contribution in [3.05, 3.63) is 93.5 Å². The summed E-state index contributed by atoms with van der Waals surface area (Å²) in [4.78, 5) is 34.8. The Bertz CT molecular complexity index is 2830. The molecule has 0 atom stereocenters. The molecule has 1 spiro atoms. The molecular formula is C54H62ClF2N11O3. The van der Waals surface area contributed by atoms with Crippen molar-refractivity contribution in [2.75, 3.05) is 49.1 Å². The molecule has 17 heteroatoms. The van der Waals surface area contributed by atoms with E-state index < -0.39 is 6.43 Å². The van der Waals surface area contributed by atoms with Crippen molar-refractivity contribution in [3.63, 3.8) is 0 Å². The van der Waals surface area contributed by atoms with Gasteiger partial charge in [0.05, 0.1) is 29.9 Å². The van der Waals surface area contributed by atoms with Crippen LogP contribution in [0.2, 0.25) is 5.02 Å². The number of hydrogen-bond acceptors (Lipinski definition) is 10. The standard InChI is InChI=1S/C54H62ClF2N11O3/c1-4-35-7-10-42(27-46(35)55)71-41-11-8-38(9-12-41)59-53(70)47-13-14-50(61-60-47)66-31-40(32-66)64-24-20-54(21-25-64)18-15-39(16-19-54)68-48-17-23-65(34(2)69)33-45(48)52(62-68)67-22-5-6-36-26-43(37-29-58-63(3)30-37)44(51(56)57)28-49(36)67/h1,7,10,13-14,26-30,38-41,51H,5-6,8-9,11-12,15-25,31-33H2,2-3H3,(H,59,70). The Morgan fingerprint density at radius 2 is 1.72 bits per heavy atom. The van der Waals surface area contributed by atoms with Gasteiger partial charge < -0.3 is 24.8 Å². The van der Waals surface area contributed by atoms with Crippen molar-refractivity contribution in [1.29, 1.82) is 0 Å². The number of ether oxygens (including phenoxy) is 1. The Labute approximate surface area is 419 Å². The van der Waals surface area contributed by atoms with Gasteiger partial charge in [-0.3, -0.25) is 23.9 Å². The first-order valence-corrected chi connectivity index (χ1v) is 25.9. The fraction of sp³-hybridized carbons (Fsp3) is 0.519. The average molecular weight is 987 g/mol. The van der Waals surface area contributed by atoms with E-state index in [0.717, 1.165) is 125 Å². The number of aryl methyl sites for hydroxylation is 2. The number of benzene rings is 2. The van der Waals surface area contributed by atoms with Gasteiger partial charge in [-0.25, -0.2) is 8.78 Å². The van der Waals surface area contributed by atoms with Crippen molar-refractivity contribution in [2.45, 2.75) is 128 Å². The summed E-state index contributed by atoms with van der Waals surface area (Å²) in [5.74, 6) is 4.71. The lowest BCUT2D eigenvalue weighted by Gasteiger charge is -2.52. The Hall–Kier alpha value is -6.05. The Balaban J connectivity index is 0.678. The molecule has 2 saturated carbocycles. The van der Waals surface area contributed by atoms with Crippen molar-refractivity contribution < 1.29 is 23.1 Å². The number of nitrogens with one attached hydrogen (secondary N) is 1. The van der Waals surface area contributed by atoms with Crippen LogP contribution in [0.4, 0.5) is 26.1 Å². The topological polar surface area (TPSA) is 130 Å². The van der Waals surface area contributed by atoms with E-state index in [9.17, 15) is 18.4 Å². The lowest BCUT2D eigenvalue weighted by molar-refractivity contribution is -0.129. The zero-order valence-corrected chi connectivity index (χ0v) is 41.4. The first-order valence-electron chi connectivity index (χ1n) is 25.5. The molecule has 2 saturated heterocycles. The van der Waals surface area contributed by atoms with E-state index in [-0.39, 0.29) is 35.6 Å². The number of alkyl halides is 2. The van der Waals surface area contributed by atoms with Crippen LogP contribution in [0.25, 0.3) is 11.1 Å². The molecule has 372 valence electrons. The number of likely N-dealkylation sites (tertiary alicyclic amines) is 1. The Morgan fingerprint density at radius 1 is 0.930 bits per heavy atom. The van der Waals surface area contributed by atoms with Crippen LogP contribution in [-0.2, 0) is 31.2 Å². The molecule has 5 aromatic rings. The highest BCUT2D eigenvalue weighted by Gasteiger charge is 2.43. The molecule has 4 fully saturated rings. The molecule has 71 heavy (non-hydrogen) atoms. The summed E-state index contributed by atoms with van der Waals surface area (Å²) < 4.78 is 39.7. The summed E-state index contributed by atoms with van der Waals surface area (Å²) in [6, 6.07) is 13.5. The van der Waals surface area contributed by atoms with E-state index in [1.807, 2.05) is 23.1 Å². The van der Waals surface area contributed by atoms with Crippen LogP contribution >= 0.6 is 11.6 Å². The molecule has 0 radical (unpaired) electrons. The molecule has 3 aromatic heterocycles. The van der Waals surface area contributed by atoms with E-state index >= 15 is 0 Å². The highest BCUT2D eigenvalue weighted by atomic mass is 35.5. The zero-order valence-electron chi connectivity index (χ0n) is 40.6. The summed E-state index contributed by atoms with van der Waals surface area (Å²) in [5, 5.41) is 22.1. The largest absolute Gasteiger partial charge is 0.490 e. The van der Waals surface area contributed by atoms with Gasteiger partial charge >= 0.3 is 0 Å². The van der Waals surface area contributed by atoms with Crippen LogP contribution < -0.4 is 19.9 Å². The maximum atomic E-state index is 14.8. The molecule has 7 heterocycles. The van der Waals surface area contributed by atoms with Crippen molar-refractivity contribution in [2.24, 2.45) is 12.5 Å². The predicted octanol–water partition coefficient (Wildman–Crippen LogP) is 8.84. The number of halogens is 3. The smallest absolute Gasteiger partial charge is 0.272 e. The summed E-state index contributed by atoms with van der Waals surface area (Å²) in [7, 11) is 1.80. The molecule has 2 aromatic carbocycles. The van der Waals surface area contributed by atoms with E-state index in [2.05, 4.69) is 45.9 Å². The fourth-order valence-corrected chi connectivity index (χ4v) is 12.6. The van der Waals surface area contributed by atoms with Gasteiger partial charge in [0.2, 0.25) is 5.91 Å². The van der Waals surface area contributed by atoms with Crippen molar-refractivity contribution >= 4 is 40.7 Å². The van der Waals surface area contributed by atoms with E-state index in [1.165, 1.54) is 18.5 Å². The zero-order chi connectivity index (χ0) is 49.0. The summed E-state index contributed by atoms with van der Waals surface area (Å²) in [6.07, 6.45) is 18.7. The molecule has 4 aliphatic heterocycles. The number of aromatic nitrogens is 6. The minimum Gasteiger partial charge on any atom is -0.490 e. The molecule has 0 unspecified atom stereocenters. The molecular weight excluding hydrogens is 924 g/mol. The molecule has 1 N–H and O–H groups in total. The number of anilines is 3. The maximum absolute atomic E-state index is 14.8. The maximum Gasteiger partial charge on any atom is 0.272 e. The number of carbonyl (C=O) groups excluding carboxylic acids is 2. The fourth-order valence-electron chi connectivity index (χ4n) is 12.3. The van der Waals surface area contributed by atoms with E-state index in [0.29, 0.717) is 64.2 Å². The molecule has 0 bridgehead atoms. The molecule has 6 aliphatic rings. The van der Waals surface area contributed by atoms with Gasteiger partial charge in [-0.05, 0) is 143 Å². The van der Waals surface area contributed by atoms with Gasteiger partial charge in [0.25, 0.3) is 12.3 Å². The third-order valence-electron chi connectivity index (χ3n) is 16.6. The second-order valence-corrected chi connectivity index (χ2v) is 21.3. The first kappa shape index (κ1) is 47.3. The van der Waals surface area contributed by atoms with Gasteiger partial charge in [0.15, 0.2) is 17.3 Å². The minimum absolute atomic E-state index is 0.00255. The number of terminal acetylenes is 1. The lowest BCUT2D eigenvalue weighted by Crippen LogP contribution is -2.62. The third-order valence-corrected chi connectivity index (χ3v) is 16.9. The SMILES string of the molecule is C#Cc1ccc(OC2CCC(NC(=O)c3ccc(N4CC(N5CCC6(CCC(n7nc(N8CCCc9cc(-c%10cnn(C)c%10)c(C(F)F)cc98)c8c7CCN(C(C)=O)C8)CC6)CC5)C4)nn3)CC2)cc1Cl. The van der Waals surface area contributed by atoms with Crippen LogP contribution in [0.5, 0.6) is 5.75 Å². The number of carbonyl (C=O) groups is 2. The normalized spacial score (nSPS) is 21.7. The molecule has 11 rings (SSSR count). The minimum atomic E-state index is -2.65. The van der Waals surface area contributed by atoms with Crippen LogP contribution in [0.15, 0.2) is 54.9 Å². The van der Waals surface area contributed by atoms with Gasteiger partial charge in [0.1, 0.15) is 5.75 Å². The van der Waals surface area contributed by atoms with Crippen molar-refractivity contribution in [3.8, 4) is 29.2 Å². The molecule has 2 aliphatic carbocycles. The first-order chi connectivity index (χ1) is 34.4. The predicted molar refractivity (Wildman–Crippen MR) is 268 cm³/mol. The number of amides is 2. The number of hydrogen-bond donors (Lipinski definition) is 1. The van der Waals surface area contributed by atoms with Gasteiger partial charge in [-0.2, -0.15) is 10.2 Å². The summed E-state index contributed by atoms with van der Waals surface area (Å²) >= 11 is 6.26. The second kappa shape index (κ2) is 19.5. The number of fused-ring (bicyclic) bond motifs is 2. The van der Waals surface area contributed by atoms with Crippen molar-refractivity contribution in [1.82, 2.24) is 44.9 Å². The summed E-state index contributed by atoms with van der Waals surface area (Å²) in [6.45, 7) is 7.37. The molecule has 14 nitrogen and oxygen atoms in total. The van der Waals surface area contributed by atoms with E-state index in [4.69, 9.17) is 27.9 Å². The second-order valence-electron chi connectivity index (χ2n) is 20.9. The Morgan fingerprint density at radius 3 is 2.39 bits per heavy atom. The number of rotatable bonds is 10. The highest BCUT2D eigenvalue weighted by molar-refractivity contribution is 6.31. The summed E-state index contributed by atoms with van der Waals surface area (Å²) in [5.41, 5.74) is 6.55. The van der Waals surface area contributed by atoms with Crippen LogP contribution in [0, 0.1) is 17.8 Å². The number of piperidine rings is 1. The van der Waals surface area contributed by atoms with Gasteiger partial charge in [-0.15, -0.1) is 16.6 Å². The molecule has 2 amide bonds. The Kier molecular flexibility index (Phi) is 13.0.